The third-order valence-corrected chi connectivity index (χ3v) is 4.04. The molecule has 2 fully saturated rings. The standard InChI is InChI=1S/C13H16N2O2/c16-13(17)10-2-1-3-12(14-10)15-11-7-8-4-5-9(11)6-8/h1-3,8-9,11H,4-7H2,(H,14,15)(H,16,17). The Morgan fingerprint density at radius 2 is 2.24 bits per heavy atom. The summed E-state index contributed by atoms with van der Waals surface area (Å²) in [4.78, 5) is 14.9. The third-order valence-electron chi connectivity index (χ3n) is 4.04. The van der Waals surface area contributed by atoms with Crippen LogP contribution in [0.25, 0.3) is 0 Å². The molecule has 2 aliphatic rings. The number of fused-ring (bicyclic) bond motifs is 2. The van der Waals surface area contributed by atoms with E-state index in [4.69, 9.17) is 5.11 Å². The molecule has 3 unspecified atom stereocenters. The predicted molar refractivity (Wildman–Crippen MR) is 64.1 cm³/mol. The maximum Gasteiger partial charge on any atom is 0.354 e. The molecule has 2 saturated carbocycles. The van der Waals surface area contributed by atoms with Crippen molar-refractivity contribution >= 4 is 11.8 Å². The van der Waals surface area contributed by atoms with Gasteiger partial charge in [0, 0.05) is 6.04 Å². The Kier molecular flexibility index (Phi) is 2.50. The molecule has 0 saturated heterocycles. The van der Waals surface area contributed by atoms with Crippen molar-refractivity contribution in [2.75, 3.05) is 5.32 Å². The number of carboxylic acid groups (broad SMARTS) is 1. The highest BCUT2D eigenvalue weighted by molar-refractivity contribution is 5.85. The Bertz CT molecular complexity index is 447. The number of aromatic nitrogens is 1. The summed E-state index contributed by atoms with van der Waals surface area (Å²) in [5, 5.41) is 12.3. The van der Waals surface area contributed by atoms with E-state index in [0.29, 0.717) is 11.9 Å². The predicted octanol–water partition coefficient (Wildman–Crippen LogP) is 2.38. The van der Waals surface area contributed by atoms with Crippen LogP contribution in [0.5, 0.6) is 0 Å². The van der Waals surface area contributed by atoms with Crippen LogP contribution in [0.2, 0.25) is 0 Å². The number of carbonyl (C=O) groups is 1. The number of nitrogens with one attached hydrogen (secondary N) is 1. The van der Waals surface area contributed by atoms with Crippen LogP contribution in [0.1, 0.15) is 36.2 Å². The van der Waals surface area contributed by atoms with Crippen molar-refractivity contribution < 1.29 is 9.90 Å². The van der Waals surface area contributed by atoms with Gasteiger partial charge in [-0.05, 0) is 43.2 Å². The Balaban J connectivity index is 1.73. The zero-order chi connectivity index (χ0) is 11.8. The van der Waals surface area contributed by atoms with Crippen LogP contribution in [0.15, 0.2) is 18.2 Å². The van der Waals surface area contributed by atoms with Crippen molar-refractivity contribution in [1.82, 2.24) is 4.98 Å². The fourth-order valence-corrected chi connectivity index (χ4v) is 3.25. The van der Waals surface area contributed by atoms with E-state index in [1.165, 1.54) is 31.7 Å². The third kappa shape index (κ3) is 1.99. The summed E-state index contributed by atoms with van der Waals surface area (Å²) in [6.07, 6.45) is 5.21. The minimum Gasteiger partial charge on any atom is -0.477 e. The van der Waals surface area contributed by atoms with E-state index < -0.39 is 5.97 Å². The normalized spacial score (nSPS) is 30.5. The van der Waals surface area contributed by atoms with E-state index in [0.717, 1.165) is 11.8 Å². The van der Waals surface area contributed by atoms with Gasteiger partial charge in [-0.2, -0.15) is 0 Å². The van der Waals surface area contributed by atoms with Crippen LogP contribution in [0, 0.1) is 11.8 Å². The number of anilines is 1. The molecule has 1 heterocycles. The summed E-state index contributed by atoms with van der Waals surface area (Å²) in [6.45, 7) is 0. The topological polar surface area (TPSA) is 62.2 Å². The number of nitrogens with zero attached hydrogens (tertiary/aromatic N) is 1. The average molecular weight is 232 g/mol. The zero-order valence-electron chi connectivity index (χ0n) is 9.60. The lowest BCUT2D eigenvalue weighted by molar-refractivity contribution is 0.0690. The molecule has 4 heteroatoms. The maximum atomic E-state index is 10.8. The van der Waals surface area contributed by atoms with Gasteiger partial charge in [0.25, 0.3) is 0 Å². The van der Waals surface area contributed by atoms with Crippen molar-refractivity contribution in [3.8, 4) is 0 Å². The molecular formula is C13H16N2O2. The van der Waals surface area contributed by atoms with Crippen LogP contribution < -0.4 is 5.32 Å². The van der Waals surface area contributed by atoms with Crippen LogP contribution in [-0.2, 0) is 0 Å². The van der Waals surface area contributed by atoms with Gasteiger partial charge in [0.1, 0.15) is 5.82 Å². The van der Waals surface area contributed by atoms with Crippen LogP contribution in [-0.4, -0.2) is 22.1 Å². The lowest BCUT2D eigenvalue weighted by Crippen LogP contribution is -2.26. The molecule has 1 aromatic heterocycles. The summed E-state index contributed by atoms with van der Waals surface area (Å²) in [6, 6.07) is 5.60. The first kappa shape index (κ1) is 10.6. The minimum atomic E-state index is -0.971. The molecule has 0 spiro atoms. The van der Waals surface area contributed by atoms with Crippen LogP contribution in [0.4, 0.5) is 5.82 Å². The number of pyridine rings is 1. The van der Waals surface area contributed by atoms with Crippen LogP contribution in [0.3, 0.4) is 0 Å². The molecule has 90 valence electrons. The molecule has 0 aliphatic heterocycles. The van der Waals surface area contributed by atoms with Crippen molar-refractivity contribution in [1.29, 1.82) is 0 Å². The summed E-state index contributed by atoms with van der Waals surface area (Å²) >= 11 is 0. The molecule has 2 N–H and O–H groups in total. The van der Waals surface area contributed by atoms with Gasteiger partial charge in [-0.1, -0.05) is 12.5 Å². The molecule has 0 amide bonds. The molecule has 3 atom stereocenters. The number of aromatic carboxylic acids is 1. The monoisotopic (exact) mass is 232 g/mol. The van der Waals surface area contributed by atoms with Crippen molar-refractivity contribution in [3.05, 3.63) is 23.9 Å². The number of carboxylic acids is 1. The average Bonchev–Trinajstić information content (AvgIpc) is 2.91. The molecule has 2 bridgehead atoms. The smallest absolute Gasteiger partial charge is 0.354 e. The zero-order valence-corrected chi connectivity index (χ0v) is 9.60. The van der Waals surface area contributed by atoms with Gasteiger partial charge in [0.15, 0.2) is 5.69 Å². The maximum absolute atomic E-state index is 10.8. The van der Waals surface area contributed by atoms with E-state index in [1.54, 1.807) is 6.07 Å². The molecule has 4 nitrogen and oxygen atoms in total. The molecular weight excluding hydrogens is 216 g/mol. The first-order valence-electron chi connectivity index (χ1n) is 6.19. The number of hydrogen-bond donors (Lipinski definition) is 2. The Hall–Kier alpha value is -1.58. The Morgan fingerprint density at radius 1 is 1.35 bits per heavy atom. The van der Waals surface area contributed by atoms with Gasteiger partial charge in [-0.15, -0.1) is 0 Å². The molecule has 0 aromatic carbocycles. The fraction of sp³-hybridized carbons (Fsp3) is 0.538. The highest BCUT2D eigenvalue weighted by Crippen LogP contribution is 2.45. The van der Waals surface area contributed by atoms with Crippen molar-refractivity contribution in [3.63, 3.8) is 0 Å². The first-order chi connectivity index (χ1) is 8.22. The van der Waals surface area contributed by atoms with E-state index in [1.807, 2.05) is 6.07 Å². The Morgan fingerprint density at radius 3 is 2.88 bits per heavy atom. The lowest BCUT2D eigenvalue weighted by Gasteiger charge is -2.23. The van der Waals surface area contributed by atoms with E-state index in [2.05, 4.69) is 10.3 Å². The summed E-state index contributed by atoms with van der Waals surface area (Å²) < 4.78 is 0. The second-order valence-corrected chi connectivity index (χ2v) is 5.14. The molecule has 3 rings (SSSR count). The number of rotatable bonds is 3. The van der Waals surface area contributed by atoms with Gasteiger partial charge in [0.2, 0.25) is 0 Å². The Labute approximate surface area is 100 Å². The summed E-state index contributed by atoms with van der Waals surface area (Å²) in [7, 11) is 0. The molecule has 17 heavy (non-hydrogen) atoms. The second kappa shape index (κ2) is 4.02. The van der Waals surface area contributed by atoms with Crippen LogP contribution >= 0.6 is 0 Å². The quantitative estimate of drug-likeness (QED) is 0.840. The summed E-state index contributed by atoms with van der Waals surface area (Å²) in [5.74, 6) is 1.36. The van der Waals surface area contributed by atoms with Crippen molar-refractivity contribution in [2.45, 2.75) is 31.7 Å². The van der Waals surface area contributed by atoms with Crippen molar-refractivity contribution in [2.24, 2.45) is 11.8 Å². The van der Waals surface area contributed by atoms with Gasteiger partial charge in [0.05, 0.1) is 0 Å². The van der Waals surface area contributed by atoms with Gasteiger partial charge in [-0.3, -0.25) is 0 Å². The largest absolute Gasteiger partial charge is 0.477 e. The first-order valence-corrected chi connectivity index (χ1v) is 6.19. The van der Waals surface area contributed by atoms with Gasteiger partial charge in [-0.25, -0.2) is 9.78 Å². The molecule has 2 aliphatic carbocycles. The fourth-order valence-electron chi connectivity index (χ4n) is 3.25. The minimum absolute atomic E-state index is 0.109. The van der Waals surface area contributed by atoms with E-state index in [9.17, 15) is 4.79 Å². The van der Waals surface area contributed by atoms with Gasteiger partial charge >= 0.3 is 5.97 Å². The second-order valence-electron chi connectivity index (χ2n) is 5.14. The highest BCUT2D eigenvalue weighted by atomic mass is 16.4. The van der Waals surface area contributed by atoms with E-state index >= 15 is 0 Å². The SMILES string of the molecule is O=C(O)c1cccc(NC2CC3CCC2C3)n1. The molecule has 1 aromatic rings. The van der Waals surface area contributed by atoms with Gasteiger partial charge < -0.3 is 10.4 Å². The van der Waals surface area contributed by atoms with E-state index in [-0.39, 0.29) is 5.69 Å². The molecule has 0 radical (unpaired) electrons. The lowest BCUT2D eigenvalue weighted by atomic mass is 9.95. The number of hydrogen-bond acceptors (Lipinski definition) is 3. The highest BCUT2D eigenvalue weighted by Gasteiger charge is 2.39. The summed E-state index contributed by atoms with van der Waals surface area (Å²) in [5.41, 5.74) is 0.109.